The van der Waals surface area contributed by atoms with Crippen LogP contribution in [0.25, 0.3) is 11.3 Å². The first-order chi connectivity index (χ1) is 14.0. The van der Waals surface area contributed by atoms with Gasteiger partial charge in [0.2, 0.25) is 0 Å². The van der Waals surface area contributed by atoms with Crippen LogP contribution in [0.1, 0.15) is 41.5 Å². The summed E-state index contributed by atoms with van der Waals surface area (Å²) < 4.78 is 0. The van der Waals surface area contributed by atoms with Gasteiger partial charge in [-0.05, 0) is 55.0 Å². The van der Waals surface area contributed by atoms with E-state index >= 15 is 0 Å². The molecule has 3 heterocycles. The average molecular weight is 409 g/mol. The molecule has 7 heteroatoms. The van der Waals surface area contributed by atoms with Crippen LogP contribution < -0.4 is 10.5 Å². The molecule has 1 atom stereocenters. The van der Waals surface area contributed by atoms with E-state index in [1.807, 2.05) is 65.0 Å². The van der Waals surface area contributed by atoms with E-state index in [-0.39, 0.29) is 17.5 Å². The number of amides is 1. The van der Waals surface area contributed by atoms with Crippen LogP contribution in [0.5, 0.6) is 0 Å². The monoisotopic (exact) mass is 408 g/mol. The highest BCUT2D eigenvalue weighted by atomic mass is 32.1. The second kappa shape index (κ2) is 8.21. The summed E-state index contributed by atoms with van der Waals surface area (Å²) in [4.78, 5) is 37.0. The maximum Gasteiger partial charge on any atom is 0.254 e. The van der Waals surface area contributed by atoms with Crippen molar-refractivity contribution in [2.24, 2.45) is 0 Å². The Hall–Kier alpha value is -2.93. The number of carbonyl (C=O) groups is 1. The number of nitrogens with zero attached hydrogens (tertiary/aromatic N) is 3. The van der Waals surface area contributed by atoms with Crippen molar-refractivity contribution >= 4 is 22.9 Å². The van der Waals surface area contributed by atoms with Crippen molar-refractivity contribution in [2.45, 2.75) is 25.3 Å². The number of likely N-dealkylation sites (tertiary alicyclic amines) is 1. The lowest BCUT2D eigenvalue weighted by atomic mass is 9.99. The Balaban J connectivity index is 1.66. The minimum Gasteiger partial charge on any atom is -0.378 e. The summed E-state index contributed by atoms with van der Waals surface area (Å²) in [7, 11) is 3.94. The summed E-state index contributed by atoms with van der Waals surface area (Å²) in [5.74, 6) is 0.542. The number of thiophene rings is 1. The molecule has 1 N–H and O–H groups in total. The van der Waals surface area contributed by atoms with Crippen LogP contribution in [-0.2, 0) is 0 Å². The third kappa shape index (κ3) is 4.10. The third-order valence-electron chi connectivity index (χ3n) is 5.29. The molecule has 1 saturated heterocycles. The van der Waals surface area contributed by atoms with Crippen molar-refractivity contribution in [2.75, 3.05) is 25.5 Å². The minimum atomic E-state index is -0.226. The van der Waals surface area contributed by atoms with Crippen LogP contribution in [0.4, 0.5) is 5.69 Å². The molecule has 2 aromatic heterocycles. The number of nitrogens with one attached hydrogen (secondary N) is 1. The number of anilines is 1. The topological polar surface area (TPSA) is 69.3 Å². The standard InChI is InChI=1S/C22H24N4O2S/c1-25(2)17-8-6-15(7-9-17)22(28)26-11-4-3-5-19(26)21-23-18(13-20(27)24-21)16-10-12-29-14-16/h6-10,12-14,19H,3-5,11H2,1-2H3,(H,23,24,27)/t19-/m0/s1. The van der Waals surface area contributed by atoms with E-state index in [9.17, 15) is 9.59 Å². The fraction of sp³-hybridized carbons (Fsp3) is 0.318. The second-order valence-corrected chi connectivity index (χ2v) is 8.26. The molecule has 0 aliphatic carbocycles. The number of hydrogen-bond acceptors (Lipinski definition) is 5. The lowest BCUT2D eigenvalue weighted by Crippen LogP contribution is -2.40. The molecule has 0 unspecified atom stereocenters. The largest absolute Gasteiger partial charge is 0.378 e. The van der Waals surface area contributed by atoms with E-state index in [0.717, 1.165) is 30.5 Å². The normalized spacial score (nSPS) is 16.6. The van der Waals surface area contributed by atoms with Gasteiger partial charge in [-0.1, -0.05) is 0 Å². The Bertz CT molecular complexity index is 1040. The highest BCUT2D eigenvalue weighted by Gasteiger charge is 2.30. The van der Waals surface area contributed by atoms with Crippen LogP contribution in [0.3, 0.4) is 0 Å². The SMILES string of the molecule is CN(C)c1ccc(C(=O)N2CCCC[C@H]2c2nc(-c3ccsc3)cc(=O)[nH]2)cc1. The summed E-state index contributed by atoms with van der Waals surface area (Å²) in [6.07, 6.45) is 2.74. The predicted molar refractivity (Wildman–Crippen MR) is 117 cm³/mol. The molecule has 4 rings (SSSR count). The van der Waals surface area contributed by atoms with Crippen LogP contribution in [0.2, 0.25) is 0 Å². The number of aromatic nitrogens is 2. The molecule has 0 spiro atoms. The summed E-state index contributed by atoms with van der Waals surface area (Å²) in [6.45, 7) is 0.658. The van der Waals surface area contributed by atoms with Gasteiger partial charge in [0.25, 0.3) is 11.5 Å². The van der Waals surface area contributed by atoms with Gasteiger partial charge in [-0.2, -0.15) is 11.3 Å². The second-order valence-electron chi connectivity index (χ2n) is 7.48. The first-order valence-electron chi connectivity index (χ1n) is 9.75. The number of hydrogen-bond donors (Lipinski definition) is 1. The minimum absolute atomic E-state index is 0.0245. The van der Waals surface area contributed by atoms with Crippen LogP contribution in [0.15, 0.2) is 52.0 Å². The molecule has 1 aliphatic rings. The van der Waals surface area contributed by atoms with Crippen molar-refractivity contribution in [3.8, 4) is 11.3 Å². The Labute approximate surface area is 173 Å². The molecule has 29 heavy (non-hydrogen) atoms. The Morgan fingerprint density at radius 1 is 1.21 bits per heavy atom. The molecule has 1 amide bonds. The van der Waals surface area contributed by atoms with Crippen molar-refractivity contribution in [3.63, 3.8) is 0 Å². The number of benzene rings is 1. The van der Waals surface area contributed by atoms with Gasteiger partial charge in [0.15, 0.2) is 0 Å². The smallest absolute Gasteiger partial charge is 0.254 e. The lowest BCUT2D eigenvalue weighted by molar-refractivity contribution is 0.0599. The fourth-order valence-electron chi connectivity index (χ4n) is 3.72. The van der Waals surface area contributed by atoms with Crippen LogP contribution >= 0.6 is 11.3 Å². The van der Waals surface area contributed by atoms with Crippen molar-refractivity contribution in [1.29, 1.82) is 0 Å². The van der Waals surface area contributed by atoms with E-state index in [1.165, 1.54) is 6.07 Å². The van der Waals surface area contributed by atoms with E-state index in [0.29, 0.717) is 23.6 Å². The Morgan fingerprint density at radius 2 is 2.00 bits per heavy atom. The molecule has 1 aromatic carbocycles. The Kier molecular flexibility index (Phi) is 5.49. The number of carbonyl (C=O) groups excluding carboxylic acids is 1. The summed E-state index contributed by atoms with van der Waals surface area (Å²) in [5.41, 5.74) is 3.09. The molecule has 1 fully saturated rings. The lowest BCUT2D eigenvalue weighted by Gasteiger charge is -2.35. The number of piperidine rings is 1. The molecule has 0 bridgehead atoms. The number of rotatable bonds is 4. The summed E-state index contributed by atoms with van der Waals surface area (Å²) in [6, 6.07) is 10.9. The summed E-state index contributed by atoms with van der Waals surface area (Å²) >= 11 is 1.57. The van der Waals surface area contributed by atoms with Gasteiger partial charge in [-0.25, -0.2) is 4.98 Å². The van der Waals surface area contributed by atoms with Crippen molar-refractivity contribution in [3.05, 3.63) is 68.9 Å². The van der Waals surface area contributed by atoms with Gasteiger partial charge < -0.3 is 14.8 Å². The van der Waals surface area contributed by atoms with Gasteiger partial charge in [0, 0.05) is 48.9 Å². The van der Waals surface area contributed by atoms with Gasteiger partial charge in [0.05, 0.1) is 11.7 Å². The average Bonchev–Trinajstić information content (AvgIpc) is 3.28. The summed E-state index contributed by atoms with van der Waals surface area (Å²) in [5, 5.41) is 3.94. The van der Waals surface area contributed by atoms with E-state index < -0.39 is 0 Å². The maximum atomic E-state index is 13.3. The number of aromatic amines is 1. The number of H-pyrrole nitrogens is 1. The van der Waals surface area contributed by atoms with Crippen molar-refractivity contribution < 1.29 is 4.79 Å². The highest BCUT2D eigenvalue weighted by molar-refractivity contribution is 7.08. The zero-order valence-electron chi connectivity index (χ0n) is 16.6. The molecule has 0 radical (unpaired) electrons. The zero-order chi connectivity index (χ0) is 20.4. The quantitative estimate of drug-likeness (QED) is 0.710. The van der Waals surface area contributed by atoms with Gasteiger partial charge in [0.1, 0.15) is 5.82 Å². The molecule has 3 aromatic rings. The van der Waals surface area contributed by atoms with Crippen molar-refractivity contribution in [1.82, 2.24) is 14.9 Å². The fourth-order valence-corrected chi connectivity index (χ4v) is 4.37. The van der Waals surface area contributed by atoms with Crippen LogP contribution in [0, 0.1) is 0 Å². The zero-order valence-corrected chi connectivity index (χ0v) is 17.4. The maximum absolute atomic E-state index is 13.3. The van der Waals surface area contributed by atoms with Gasteiger partial charge in [-0.3, -0.25) is 9.59 Å². The highest BCUT2D eigenvalue weighted by Crippen LogP contribution is 2.31. The van der Waals surface area contributed by atoms with E-state index in [1.54, 1.807) is 11.3 Å². The van der Waals surface area contributed by atoms with Gasteiger partial charge >= 0.3 is 0 Å². The Morgan fingerprint density at radius 3 is 2.69 bits per heavy atom. The molecule has 6 nitrogen and oxygen atoms in total. The third-order valence-corrected chi connectivity index (χ3v) is 5.97. The molecular weight excluding hydrogens is 384 g/mol. The van der Waals surface area contributed by atoms with Crippen LogP contribution in [-0.4, -0.2) is 41.4 Å². The first-order valence-corrected chi connectivity index (χ1v) is 10.7. The first kappa shape index (κ1) is 19.4. The molecule has 0 saturated carbocycles. The molecule has 150 valence electrons. The van der Waals surface area contributed by atoms with E-state index in [4.69, 9.17) is 4.98 Å². The molecule has 1 aliphatic heterocycles. The molecular formula is C22H24N4O2S. The predicted octanol–water partition coefficient (Wildman–Crippen LogP) is 3.93. The van der Waals surface area contributed by atoms with E-state index in [2.05, 4.69) is 4.98 Å². The van der Waals surface area contributed by atoms with Gasteiger partial charge in [-0.15, -0.1) is 0 Å².